The number of pyridine rings is 1. The summed E-state index contributed by atoms with van der Waals surface area (Å²) in [7, 11) is 0. The lowest BCUT2D eigenvalue weighted by molar-refractivity contribution is -0.119. The molecule has 0 spiro atoms. The van der Waals surface area contributed by atoms with Gasteiger partial charge in [-0.2, -0.15) is 0 Å². The van der Waals surface area contributed by atoms with Gasteiger partial charge in [0.2, 0.25) is 11.8 Å². The van der Waals surface area contributed by atoms with E-state index in [0.29, 0.717) is 11.6 Å². The van der Waals surface area contributed by atoms with E-state index < -0.39 is 0 Å². The lowest BCUT2D eigenvalue weighted by Crippen LogP contribution is -2.34. The first-order valence-corrected chi connectivity index (χ1v) is 6.10. The summed E-state index contributed by atoms with van der Waals surface area (Å²) in [6.07, 6.45) is 1.63. The summed E-state index contributed by atoms with van der Waals surface area (Å²) < 4.78 is 5.53. The maximum Gasteiger partial charge on any atom is 0.238 e. The van der Waals surface area contributed by atoms with E-state index in [9.17, 15) is 4.79 Å². The van der Waals surface area contributed by atoms with Crippen molar-refractivity contribution in [1.29, 1.82) is 0 Å². The van der Waals surface area contributed by atoms with Gasteiger partial charge in [0.15, 0.2) is 0 Å². The van der Waals surface area contributed by atoms with Crippen LogP contribution in [0.1, 0.15) is 27.7 Å². The van der Waals surface area contributed by atoms with Crippen LogP contribution in [0.5, 0.6) is 5.88 Å². The Bertz CT molecular complexity index is 405. The van der Waals surface area contributed by atoms with Crippen LogP contribution in [0, 0.1) is 5.92 Å². The van der Waals surface area contributed by atoms with Crippen molar-refractivity contribution in [3.05, 3.63) is 18.3 Å². The first-order chi connectivity index (χ1) is 8.41. The molecule has 0 fully saturated rings. The Morgan fingerprint density at radius 3 is 2.61 bits per heavy atom. The molecule has 1 amide bonds. The Morgan fingerprint density at radius 1 is 1.39 bits per heavy atom. The lowest BCUT2D eigenvalue weighted by Gasteiger charge is -2.17. The SMILES string of the molecule is CC(C)Oc1ncccc1NC(=O)C(C)C(C)N. The lowest BCUT2D eigenvalue weighted by atomic mass is 10.0. The smallest absolute Gasteiger partial charge is 0.238 e. The van der Waals surface area contributed by atoms with Gasteiger partial charge in [0, 0.05) is 12.2 Å². The predicted molar refractivity (Wildman–Crippen MR) is 71.4 cm³/mol. The van der Waals surface area contributed by atoms with Crippen molar-refractivity contribution in [2.45, 2.75) is 39.8 Å². The second kappa shape index (κ2) is 6.35. The number of nitrogens with two attached hydrogens (primary N) is 1. The number of aromatic nitrogens is 1. The van der Waals surface area contributed by atoms with E-state index in [1.165, 1.54) is 0 Å². The molecule has 18 heavy (non-hydrogen) atoms. The van der Waals surface area contributed by atoms with Crippen LogP contribution in [-0.4, -0.2) is 23.0 Å². The highest BCUT2D eigenvalue weighted by atomic mass is 16.5. The monoisotopic (exact) mass is 251 g/mol. The molecule has 0 aliphatic carbocycles. The molecule has 0 aromatic carbocycles. The van der Waals surface area contributed by atoms with Crippen LogP contribution in [0.15, 0.2) is 18.3 Å². The van der Waals surface area contributed by atoms with Crippen LogP contribution >= 0.6 is 0 Å². The van der Waals surface area contributed by atoms with E-state index in [0.717, 1.165) is 0 Å². The van der Waals surface area contributed by atoms with Crippen molar-refractivity contribution >= 4 is 11.6 Å². The van der Waals surface area contributed by atoms with Crippen LogP contribution in [0.4, 0.5) is 5.69 Å². The fourth-order valence-corrected chi connectivity index (χ4v) is 1.29. The molecule has 2 unspecified atom stereocenters. The van der Waals surface area contributed by atoms with Gasteiger partial charge in [0.25, 0.3) is 0 Å². The minimum Gasteiger partial charge on any atom is -0.473 e. The predicted octanol–water partition coefficient (Wildman–Crippen LogP) is 1.79. The number of amides is 1. The number of hydrogen-bond acceptors (Lipinski definition) is 4. The van der Waals surface area contributed by atoms with Crippen LogP contribution in [0.2, 0.25) is 0 Å². The number of rotatable bonds is 5. The van der Waals surface area contributed by atoms with Gasteiger partial charge in [-0.15, -0.1) is 0 Å². The van der Waals surface area contributed by atoms with Crippen LogP contribution in [-0.2, 0) is 4.79 Å². The van der Waals surface area contributed by atoms with Gasteiger partial charge in [-0.3, -0.25) is 4.79 Å². The second-order valence-corrected chi connectivity index (χ2v) is 4.66. The Labute approximate surface area is 108 Å². The molecule has 5 heteroatoms. The quantitative estimate of drug-likeness (QED) is 0.836. The topological polar surface area (TPSA) is 77.2 Å². The van der Waals surface area contributed by atoms with Crippen LogP contribution < -0.4 is 15.8 Å². The first kappa shape index (κ1) is 14.4. The maximum absolute atomic E-state index is 11.9. The summed E-state index contributed by atoms with van der Waals surface area (Å²) in [5, 5.41) is 2.79. The molecule has 1 aromatic rings. The summed E-state index contributed by atoms with van der Waals surface area (Å²) in [5.74, 6) is 0.0291. The Morgan fingerprint density at radius 2 is 2.06 bits per heavy atom. The molecule has 0 bridgehead atoms. The summed E-state index contributed by atoms with van der Waals surface area (Å²) in [6, 6.07) is 3.31. The zero-order chi connectivity index (χ0) is 13.7. The molecule has 0 saturated carbocycles. The zero-order valence-electron chi connectivity index (χ0n) is 11.3. The molecule has 1 aromatic heterocycles. The molecule has 0 radical (unpaired) electrons. The minimum atomic E-state index is -0.267. The Hall–Kier alpha value is -1.62. The summed E-state index contributed by atoms with van der Waals surface area (Å²) in [6.45, 7) is 7.41. The third-order valence-electron chi connectivity index (χ3n) is 2.58. The van der Waals surface area contributed by atoms with E-state index in [2.05, 4.69) is 10.3 Å². The van der Waals surface area contributed by atoms with Crippen molar-refractivity contribution in [2.75, 3.05) is 5.32 Å². The molecule has 5 nitrogen and oxygen atoms in total. The van der Waals surface area contributed by atoms with Crippen molar-refractivity contribution in [2.24, 2.45) is 11.7 Å². The number of carbonyl (C=O) groups is 1. The second-order valence-electron chi connectivity index (χ2n) is 4.66. The normalized spacial score (nSPS) is 14.1. The molecule has 1 heterocycles. The highest BCUT2D eigenvalue weighted by molar-refractivity contribution is 5.93. The molecule has 3 N–H and O–H groups in total. The van der Waals surface area contributed by atoms with Gasteiger partial charge < -0.3 is 15.8 Å². The molecule has 0 aliphatic rings. The van der Waals surface area contributed by atoms with Crippen molar-refractivity contribution in [3.63, 3.8) is 0 Å². The average molecular weight is 251 g/mol. The fourth-order valence-electron chi connectivity index (χ4n) is 1.29. The Balaban J connectivity index is 2.81. The van der Waals surface area contributed by atoms with Gasteiger partial charge in [-0.05, 0) is 32.9 Å². The van der Waals surface area contributed by atoms with E-state index in [1.807, 2.05) is 13.8 Å². The van der Waals surface area contributed by atoms with Gasteiger partial charge in [-0.25, -0.2) is 4.98 Å². The largest absolute Gasteiger partial charge is 0.473 e. The van der Waals surface area contributed by atoms with E-state index >= 15 is 0 Å². The van der Waals surface area contributed by atoms with Gasteiger partial charge >= 0.3 is 0 Å². The summed E-state index contributed by atoms with van der Waals surface area (Å²) >= 11 is 0. The fraction of sp³-hybridized carbons (Fsp3) is 0.538. The van der Waals surface area contributed by atoms with E-state index in [-0.39, 0.29) is 24.0 Å². The van der Waals surface area contributed by atoms with Gasteiger partial charge in [0.1, 0.15) is 5.69 Å². The van der Waals surface area contributed by atoms with E-state index in [4.69, 9.17) is 10.5 Å². The summed E-state index contributed by atoms with van der Waals surface area (Å²) in [4.78, 5) is 16.0. The maximum atomic E-state index is 11.9. The highest BCUT2D eigenvalue weighted by Crippen LogP contribution is 2.22. The van der Waals surface area contributed by atoms with Gasteiger partial charge in [-0.1, -0.05) is 6.92 Å². The molecule has 1 rings (SSSR count). The van der Waals surface area contributed by atoms with Crippen LogP contribution in [0.25, 0.3) is 0 Å². The minimum absolute atomic E-state index is 0.00130. The van der Waals surface area contributed by atoms with Crippen LogP contribution in [0.3, 0.4) is 0 Å². The standard InChI is InChI=1S/C13H21N3O2/c1-8(2)18-13-11(6-5-7-15-13)16-12(17)9(3)10(4)14/h5-10H,14H2,1-4H3,(H,16,17). The van der Waals surface area contributed by atoms with Gasteiger partial charge in [0.05, 0.1) is 12.0 Å². The number of nitrogens with zero attached hydrogens (tertiary/aromatic N) is 1. The highest BCUT2D eigenvalue weighted by Gasteiger charge is 2.18. The summed E-state index contributed by atoms with van der Waals surface area (Å²) in [5.41, 5.74) is 6.27. The number of anilines is 1. The third kappa shape index (κ3) is 4.00. The van der Waals surface area contributed by atoms with E-state index in [1.54, 1.807) is 32.2 Å². The zero-order valence-corrected chi connectivity index (χ0v) is 11.3. The number of hydrogen-bond donors (Lipinski definition) is 2. The average Bonchev–Trinajstić information content (AvgIpc) is 2.29. The molecule has 100 valence electrons. The number of carbonyl (C=O) groups excluding carboxylic acids is 1. The molecule has 2 atom stereocenters. The molecular weight excluding hydrogens is 230 g/mol. The Kier molecular flexibility index (Phi) is 5.09. The van der Waals surface area contributed by atoms with Crippen molar-refractivity contribution < 1.29 is 9.53 Å². The molecular formula is C13H21N3O2. The third-order valence-corrected chi connectivity index (χ3v) is 2.58. The first-order valence-electron chi connectivity index (χ1n) is 6.10. The molecule has 0 aliphatic heterocycles. The molecule has 0 saturated heterocycles. The number of ether oxygens (including phenoxy) is 1. The van der Waals surface area contributed by atoms with Crippen molar-refractivity contribution in [3.8, 4) is 5.88 Å². The number of nitrogens with one attached hydrogen (secondary N) is 1. The van der Waals surface area contributed by atoms with Crippen molar-refractivity contribution in [1.82, 2.24) is 4.98 Å².